The largest absolute Gasteiger partial charge is 0.366 e. The summed E-state index contributed by atoms with van der Waals surface area (Å²) in [6, 6.07) is 5.38. The summed E-state index contributed by atoms with van der Waals surface area (Å²) >= 11 is 3.16. The van der Waals surface area contributed by atoms with E-state index in [1.54, 1.807) is 11.3 Å². The molecule has 1 saturated heterocycles. The van der Waals surface area contributed by atoms with Gasteiger partial charge in [-0.05, 0) is 87.6 Å². The van der Waals surface area contributed by atoms with Crippen molar-refractivity contribution in [1.82, 2.24) is 19.2 Å². The fourth-order valence-corrected chi connectivity index (χ4v) is 6.05. The monoisotopic (exact) mass is 428 g/mol. The van der Waals surface area contributed by atoms with Crippen LogP contribution in [0, 0.1) is 6.92 Å². The SMILES string of the molecule is Cc1cc(Nc2nc(N[C@H]3CC[C@H](N4CCCCC4)CC3)c3sccc3n2)sn1. The van der Waals surface area contributed by atoms with Gasteiger partial charge in [-0.1, -0.05) is 6.42 Å². The molecule has 0 amide bonds. The lowest BCUT2D eigenvalue weighted by atomic mass is 9.89. The predicted octanol–water partition coefficient (Wildman–Crippen LogP) is 5.41. The molecule has 0 aromatic carbocycles. The lowest BCUT2D eigenvalue weighted by molar-refractivity contribution is 0.127. The van der Waals surface area contributed by atoms with Crippen LogP contribution >= 0.6 is 22.9 Å². The highest BCUT2D eigenvalue weighted by Crippen LogP contribution is 2.32. The summed E-state index contributed by atoms with van der Waals surface area (Å²) in [5.41, 5.74) is 2.01. The molecule has 29 heavy (non-hydrogen) atoms. The van der Waals surface area contributed by atoms with Gasteiger partial charge in [-0.3, -0.25) is 0 Å². The number of nitrogens with one attached hydrogen (secondary N) is 2. The summed E-state index contributed by atoms with van der Waals surface area (Å²) in [5.74, 6) is 1.61. The van der Waals surface area contributed by atoms with Gasteiger partial charge in [-0.2, -0.15) is 9.36 Å². The van der Waals surface area contributed by atoms with E-state index in [-0.39, 0.29) is 0 Å². The van der Waals surface area contributed by atoms with Crippen LogP contribution in [0.1, 0.15) is 50.6 Å². The van der Waals surface area contributed by atoms with E-state index in [1.807, 2.05) is 13.0 Å². The number of thiophene rings is 1. The molecule has 3 aromatic heterocycles. The lowest BCUT2D eigenvalue weighted by Crippen LogP contribution is -2.43. The van der Waals surface area contributed by atoms with Gasteiger partial charge in [0.2, 0.25) is 5.95 Å². The Balaban J connectivity index is 1.28. The predicted molar refractivity (Wildman–Crippen MR) is 123 cm³/mol. The first-order chi connectivity index (χ1) is 14.2. The molecule has 0 radical (unpaired) electrons. The number of hydrogen-bond donors (Lipinski definition) is 2. The second kappa shape index (κ2) is 8.53. The van der Waals surface area contributed by atoms with Gasteiger partial charge in [0.05, 0.1) is 15.9 Å². The van der Waals surface area contributed by atoms with Crippen LogP contribution in [0.25, 0.3) is 10.2 Å². The summed E-state index contributed by atoms with van der Waals surface area (Å²) in [7, 11) is 0. The number of anilines is 3. The van der Waals surface area contributed by atoms with Crippen LogP contribution < -0.4 is 10.6 Å². The first-order valence-electron chi connectivity index (χ1n) is 10.7. The molecule has 1 aliphatic heterocycles. The van der Waals surface area contributed by atoms with Crippen LogP contribution in [0.4, 0.5) is 16.8 Å². The van der Waals surface area contributed by atoms with Gasteiger partial charge in [0.15, 0.2) is 0 Å². The topological polar surface area (TPSA) is 66.0 Å². The van der Waals surface area contributed by atoms with Gasteiger partial charge in [-0.15, -0.1) is 11.3 Å². The van der Waals surface area contributed by atoms with Crippen molar-refractivity contribution in [2.75, 3.05) is 23.7 Å². The molecule has 2 N–H and O–H groups in total. The molecule has 0 unspecified atom stereocenters. The minimum absolute atomic E-state index is 0.495. The molecule has 1 saturated carbocycles. The summed E-state index contributed by atoms with van der Waals surface area (Å²) in [6.07, 6.45) is 9.19. The zero-order valence-electron chi connectivity index (χ0n) is 16.9. The summed E-state index contributed by atoms with van der Waals surface area (Å²) in [4.78, 5) is 12.3. The third kappa shape index (κ3) is 4.39. The molecule has 2 aliphatic rings. The maximum absolute atomic E-state index is 4.83. The van der Waals surface area contributed by atoms with Crippen LogP contribution in [-0.4, -0.2) is 44.4 Å². The van der Waals surface area contributed by atoms with E-state index in [0.29, 0.717) is 12.0 Å². The normalized spacial score (nSPS) is 23.3. The Morgan fingerprint density at radius 1 is 1.07 bits per heavy atom. The van der Waals surface area contributed by atoms with Crippen molar-refractivity contribution >= 4 is 49.9 Å². The highest BCUT2D eigenvalue weighted by molar-refractivity contribution is 7.17. The summed E-state index contributed by atoms with van der Waals surface area (Å²) < 4.78 is 5.48. The first-order valence-corrected chi connectivity index (χ1v) is 12.4. The highest BCUT2D eigenvalue weighted by Gasteiger charge is 2.27. The van der Waals surface area contributed by atoms with E-state index in [9.17, 15) is 0 Å². The number of fused-ring (bicyclic) bond motifs is 1. The Morgan fingerprint density at radius 2 is 1.90 bits per heavy atom. The highest BCUT2D eigenvalue weighted by atomic mass is 32.1. The van der Waals surface area contributed by atoms with Crippen molar-refractivity contribution in [2.45, 2.75) is 64.0 Å². The molecular formula is C21H28N6S2. The van der Waals surface area contributed by atoms with Crippen molar-refractivity contribution in [3.63, 3.8) is 0 Å². The molecule has 1 aliphatic carbocycles. The average molecular weight is 429 g/mol. The maximum Gasteiger partial charge on any atom is 0.230 e. The smallest absolute Gasteiger partial charge is 0.230 e. The van der Waals surface area contributed by atoms with Crippen LogP contribution in [0.2, 0.25) is 0 Å². The molecule has 0 spiro atoms. The second-order valence-electron chi connectivity index (χ2n) is 8.23. The number of aryl methyl sites for hydroxylation is 1. The lowest BCUT2D eigenvalue weighted by Gasteiger charge is -2.39. The second-order valence-corrected chi connectivity index (χ2v) is 9.96. The molecule has 0 bridgehead atoms. The standard InChI is InChI=1S/C21H28N6S2/c1-14-13-18(29-26-14)24-21-23-17-9-12-28-19(17)20(25-21)22-15-5-7-16(8-6-15)27-10-3-2-4-11-27/h9,12-13,15-16H,2-8,10-11H2,1H3,(H2,22,23,24,25)/t15-,16-. The van der Waals surface area contributed by atoms with E-state index in [4.69, 9.17) is 4.98 Å². The van der Waals surface area contributed by atoms with Gasteiger partial charge < -0.3 is 15.5 Å². The average Bonchev–Trinajstić information content (AvgIpc) is 3.38. The minimum Gasteiger partial charge on any atom is -0.366 e. The van der Waals surface area contributed by atoms with E-state index >= 15 is 0 Å². The van der Waals surface area contributed by atoms with E-state index in [0.717, 1.165) is 32.8 Å². The Labute approximate surface area is 179 Å². The van der Waals surface area contributed by atoms with Crippen LogP contribution in [-0.2, 0) is 0 Å². The van der Waals surface area contributed by atoms with Crippen molar-refractivity contribution in [2.24, 2.45) is 0 Å². The molecule has 0 atom stereocenters. The number of rotatable bonds is 5. The summed E-state index contributed by atoms with van der Waals surface area (Å²) in [6.45, 7) is 4.60. The first kappa shape index (κ1) is 19.2. The molecule has 2 fully saturated rings. The van der Waals surface area contributed by atoms with Crippen molar-refractivity contribution < 1.29 is 0 Å². The van der Waals surface area contributed by atoms with Crippen LogP contribution in [0.3, 0.4) is 0 Å². The van der Waals surface area contributed by atoms with Gasteiger partial charge in [0, 0.05) is 12.1 Å². The van der Waals surface area contributed by atoms with Crippen molar-refractivity contribution in [3.8, 4) is 0 Å². The quantitative estimate of drug-likeness (QED) is 0.566. The number of piperidine rings is 1. The van der Waals surface area contributed by atoms with Gasteiger partial charge in [0.1, 0.15) is 10.8 Å². The molecule has 3 aromatic rings. The molecule has 8 heteroatoms. The van der Waals surface area contributed by atoms with Crippen LogP contribution in [0.15, 0.2) is 17.5 Å². The fourth-order valence-electron chi connectivity index (χ4n) is 4.61. The maximum atomic E-state index is 4.83. The van der Waals surface area contributed by atoms with E-state index in [2.05, 4.69) is 36.3 Å². The fraction of sp³-hybridized carbons (Fsp3) is 0.571. The van der Waals surface area contributed by atoms with Gasteiger partial charge >= 0.3 is 0 Å². The van der Waals surface area contributed by atoms with Crippen molar-refractivity contribution in [3.05, 3.63) is 23.2 Å². The van der Waals surface area contributed by atoms with E-state index < -0.39 is 0 Å². The molecule has 6 nitrogen and oxygen atoms in total. The number of aromatic nitrogens is 3. The molecule has 5 rings (SSSR count). The number of nitrogens with zero attached hydrogens (tertiary/aromatic N) is 4. The Hall–Kier alpha value is -1.77. The zero-order valence-corrected chi connectivity index (χ0v) is 18.5. The van der Waals surface area contributed by atoms with Crippen molar-refractivity contribution in [1.29, 1.82) is 0 Å². The van der Waals surface area contributed by atoms with Crippen LogP contribution in [0.5, 0.6) is 0 Å². The Morgan fingerprint density at radius 3 is 2.66 bits per heavy atom. The minimum atomic E-state index is 0.495. The third-order valence-corrected chi connectivity index (χ3v) is 7.82. The van der Waals surface area contributed by atoms with E-state index in [1.165, 1.54) is 69.6 Å². The molecule has 154 valence electrons. The Kier molecular flexibility index (Phi) is 5.65. The molecule has 4 heterocycles. The van der Waals surface area contributed by atoms with Gasteiger partial charge in [-0.25, -0.2) is 4.98 Å². The van der Waals surface area contributed by atoms with Gasteiger partial charge in [0.25, 0.3) is 0 Å². The number of likely N-dealkylation sites (tertiary alicyclic amines) is 1. The third-order valence-electron chi connectivity index (χ3n) is 6.11. The molecular weight excluding hydrogens is 400 g/mol. The summed E-state index contributed by atoms with van der Waals surface area (Å²) in [5, 5.41) is 10.2. The zero-order chi connectivity index (χ0) is 19.6. The Bertz CT molecular complexity index is 953. The number of hydrogen-bond acceptors (Lipinski definition) is 8.